The van der Waals surface area contributed by atoms with Gasteiger partial charge in [0.15, 0.2) is 0 Å². The van der Waals surface area contributed by atoms with Crippen LogP contribution in [0.1, 0.15) is 45.6 Å². The lowest BCUT2D eigenvalue weighted by atomic mass is 10.1. The molecule has 4 N–H and O–H groups in total. The minimum absolute atomic E-state index is 0.00817. The van der Waals surface area contributed by atoms with Crippen molar-refractivity contribution < 1.29 is 27.1 Å². The van der Waals surface area contributed by atoms with E-state index in [0.29, 0.717) is 42.9 Å². The van der Waals surface area contributed by atoms with Gasteiger partial charge in [-0.1, -0.05) is 17.7 Å². The zero-order valence-electron chi connectivity index (χ0n) is 24.0. The lowest BCUT2D eigenvalue weighted by molar-refractivity contribution is -0.119. The fraction of sp³-hybridized carbons (Fsp3) is 0.414. The minimum Gasteiger partial charge on any atom is -0.493 e. The van der Waals surface area contributed by atoms with E-state index in [0.717, 1.165) is 0 Å². The van der Waals surface area contributed by atoms with E-state index >= 15 is 0 Å². The Morgan fingerprint density at radius 3 is 2.76 bits per heavy atom. The monoisotopic (exact) mass is 621 g/mol. The van der Waals surface area contributed by atoms with E-state index in [-0.39, 0.29) is 59.1 Å². The second kappa shape index (κ2) is 13.7. The zero-order valence-corrected chi connectivity index (χ0v) is 25.5. The molecular weight excluding hydrogens is 585 g/mol. The van der Waals surface area contributed by atoms with Crippen molar-refractivity contribution in [2.24, 2.45) is 5.84 Å². The van der Waals surface area contributed by atoms with Gasteiger partial charge in [-0.2, -0.15) is 0 Å². The SMILES string of the molecule is CCOC1=CCCCC(N(N)CC)=C1S(=O)(=O)N1C[C@H](CNC(C)=O)Oc2ccc(NCc3c(F)cccc3Cl)cc21. The molecule has 0 saturated heterocycles. The van der Waals surface area contributed by atoms with E-state index in [1.807, 2.05) is 6.92 Å². The maximum absolute atomic E-state index is 14.7. The first-order chi connectivity index (χ1) is 20.1. The van der Waals surface area contributed by atoms with Crippen LogP contribution in [0.5, 0.6) is 5.75 Å². The Hall–Kier alpha value is -3.48. The number of nitrogens with two attached hydrogens (primary N) is 1. The Morgan fingerprint density at radius 1 is 1.29 bits per heavy atom. The molecule has 0 aromatic heterocycles. The number of hydrazine groups is 1. The fourth-order valence-corrected chi connectivity index (χ4v) is 7.02. The molecule has 10 nitrogen and oxygen atoms in total. The van der Waals surface area contributed by atoms with Gasteiger partial charge in [-0.25, -0.2) is 18.7 Å². The normalized spacial score (nSPS) is 17.0. The third-order valence-corrected chi connectivity index (χ3v) is 9.20. The van der Waals surface area contributed by atoms with Crippen LogP contribution in [0.25, 0.3) is 0 Å². The topological polar surface area (TPSA) is 126 Å². The van der Waals surface area contributed by atoms with Crippen LogP contribution in [0, 0.1) is 5.82 Å². The summed E-state index contributed by atoms with van der Waals surface area (Å²) in [6.07, 6.45) is 2.91. The van der Waals surface area contributed by atoms with Gasteiger partial charge >= 0.3 is 0 Å². The molecule has 0 saturated carbocycles. The Morgan fingerprint density at radius 2 is 2.07 bits per heavy atom. The average molecular weight is 622 g/mol. The van der Waals surface area contributed by atoms with E-state index in [4.69, 9.17) is 26.9 Å². The van der Waals surface area contributed by atoms with Crippen LogP contribution in [-0.4, -0.2) is 51.7 Å². The predicted octanol–water partition coefficient (Wildman–Crippen LogP) is 4.64. The number of carbonyl (C=O) groups is 1. The van der Waals surface area contributed by atoms with Gasteiger partial charge in [-0.15, -0.1) is 0 Å². The molecule has 1 atom stereocenters. The Labute approximate surface area is 251 Å². The van der Waals surface area contributed by atoms with Gasteiger partial charge in [-0.3, -0.25) is 9.10 Å². The molecule has 0 unspecified atom stereocenters. The highest BCUT2D eigenvalue weighted by molar-refractivity contribution is 7.96. The van der Waals surface area contributed by atoms with Crippen molar-refractivity contribution in [3.8, 4) is 5.75 Å². The van der Waals surface area contributed by atoms with E-state index in [1.165, 1.54) is 28.4 Å². The standard InChI is InChI=1S/C29H37ClFN5O5S/c1-4-35(32)25-11-6-7-12-28(40-5-2)29(25)42(38,39)36-18-21(16-33-19(3)37)41-27-14-13-20(15-26(27)36)34-17-22-23(30)9-8-10-24(22)31/h8-10,12-15,21,34H,4-7,11,16-18,32H2,1-3H3,(H,33,37)/t21-/m0/s1. The number of hydrogen-bond donors (Lipinski definition) is 3. The molecule has 1 aliphatic heterocycles. The largest absolute Gasteiger partial charge is 0.493 e. The first-order valence-electron chi connectivity index (χ1n) is 13.9. The molecule has 2 aromatic carbocycles. The number of halogens is 2. The molecule has 0 radical (unpaired) electrons. The quantitative estimate of drug-likeness (QED) is 0.245. The van der Waals surface area contributed by atoms with Gasteiger partial charge in [0.1, 0.15) is 28.3 Å². The lowest BCUT2D eigenvalue weighted by Gasteiger charge is -2.37. The molecule has 1 heterocycles. The molecule has 2 aliphatic rings. The number of fused-ring (bicyclic) bond motifs is 1. The maximum atomic E-state index is 14.7. The zero-order chi connectivity index (χ0) is 30.4. The molecule has 42 heavy (non-hydrogen) atoms. The molecule has 2 aromatic rings. The number of hydrogen-bond acceptors (Lipinski definition) is 8. The third kappa shape index (κ3) is 6.93. The van der Waals surface area contributed by atoms with Crippen molar-refractivity contribution >= 4 is 38.9 Å². The molecule has 0 spiro atoms. The number of sulfonamides is 1. The molecular formula is C29H37ClFN5O5S. The average Bonchev–Trinajstić information content (AvgIpc) is 3.18. The second-order valence-corrected chi connectivity index (χ2v) is 12.1. The van der Waals surface area contributed by atoms with Gasteiger partial charge in [0.05, 0.1) is 31.1 Å². The van der Waals surface area contributed by atoms with E-state index < -0.39 is 21.9 Å². The number of carbonyl (C=O) groups excluding carboxylic acids is 1. The van der Waals surface area contributed by atoms with E-state index in [9.17, 15) is 17.6 Å². The van der Waals surface area contributed by atoms with E-state index in [1.54, 1.807) is 37.3 Å². The summed E-state index contributed by atoms with van der Waals surface area (Å²) in [6.45, 7) is 5.79. The summed E-state index contributed by atoms with van der Waals surface area (Å²) in [6, 6.07) is 9.44. The van der Waals surface area contributed by atoms with Crippen LogP contribution in [0.3, 0.4) is 0 Å². The van der Waals surface area contributed by atoms with Gasteiger partial charge in [-0.05, 0) is 69.5 Å². The first-order valence-corrected chi connectivity index (χ1v) is 15.7. The highest BCUT2D eigenvalue weighted by Gasteiger charge is 2.40. The Kier molecular flexibility index (Phi) is 10.2. The minimum atomic E-state index is -4.27. The van der Waals surface area contributed by atoms with Gasteiger partial charge in [0, 0.05) is 36.3 Å². The lowest BCUT2D eigenvalue weighted by Crippen LogP contribution is -2.49. The number of nitrogens with zero attached hydrogens (tertiary/aromatic N) is 2. The highest BCUT2D eigenvalue weighted by Crippen LogP contribution is 2.42. The molecule has 4 rings (SSSR count). The van der Waals surface area contributed by atoms with Crippen molar-refractivity contribution in [2.75, 3.05) is 35.9 Å². The van der Waals surface area contributed by atoms with Crippen molar-refractivity contribution in [2.45, 2.75) is 52.7 Å². The third-order valence-electron chi connectivity index (χ3n) is 6.97. The van der Waals surface area contributed by atoms with Crippen LogP contribution in [0.4, 0.5) is 15.8 Å². The maximum Gasteiger partial charge on any atom is 0.270 e. The molecule has 13 heteroatoms. The van der Waals surface area contributed by atoms with Crippen molar-refractivity contribution in [3.63, 3.8) is 0 Å². The Balaban J connectivity index is 1.80. The summed E-state index contributed by atoms with van der Waals surface area (Å²) >= 11 is 6.20. The summed E-state index contributed by atoms with van der Waals surface area (Å²) in [7, 11) is -4.27. The van der Waals surface area contributed by atoms with Crippen LogP contribution in [-0.2, 0) is 26.1 Å². The number of allylic oxidation sites excluding steroid dienone is 2. The molecule has 228 valence electrons. The molecule has 1 amide bonds. The molecule has 0 bridgehead atoms. The number of amides is 1. The van der Waals surface area contributed by atoms with Crippen LogP contribution >= 0.6 is 11.6 Å². The number of nitrogens with one attached hydrogen (secondary N) is 2. The summed E-state index contributed by atoms with van der Waals surface area (Å²) in [4.78, 5) is 11.7. The van der Waals surface area contributed by atoms with Crippen LogP contribution < -0.4 is 25.5 Å². The van der Waals surface area contributed by atoms with Crippen molar-refractivity contribution in [1.82, 2.24) is 10.3 Å². The highest BCUT2D eigenvalue weighted by atomic mass is 35.5. The molecule has 1 aliphatic carbocycles. The van der Waals surface area contributed by atoms with Crippen LogP contribution in [0.2, 0.25) is 5.02 Å². The molecule has 0 fully saturated rings. The van der Waals surface area contributed by atoms with E-state index in [2.05, 4.69) is 10.6 Å². The summed E-state index contributed by atoms with van der Waals surface area (Å²) in [5, 5.41) is 7.57. The first kappa shape index (κ1) is 31.5. The fourth-order valence-electron chi connectivity index (χ4n) is 4.89. The smallest absolute Gasteiger partial charge is 0.270 e. The Bertz CT molecular complexity index is 1460. The number of rotatable bonds is 11. The van der Waals surface area contributed by atoms with Crippen LogP contribution in [0.15, 0.2) is 58.8 Å². The number of ether oxygens (including phenoxy) is 2. The second-order valence-electron chi connectivity index (χ2n) is 9.90. The summed E-state index contributed by atoms with van der Waals surface area (Å²) < 4.78 is 57.0. The predicted molar refractivity (Wildman–Crippen MR) is 162 cm³/mol. The van der Waals surface area contributed by atoms with Gasteiger partial charge in [0.2, 0.25) is 5.91 Å². The van der Waals surface area contributed by atoms with Crippen molar-refractivity contribution in [1.29, 1.82) is 0 Å². The van der Waals surface area contributed by atoms with Crippen molar-refractivity contribution in [3.05, 3.63) is 75.2 Å². The van der Waals surface area contributed by atoms with Gasteiger partial charge in [0.25, 0.3) is 10.0 Å². The summed E-state index contributed by atoms with van der Waals surface area (Å²) in [5.74, 6) is 6.18. The number of benzene rings is 2. The number of anilines is 2. The summed E-state index contributed by atoms with van der Waals surface area (Å²) in [5.41, 5.74) is 1.56. The van der Waals surface area contributed by atoms with Gasteiger partial charge < -0.3 is 25.1 Å².